The second-order valence-corrected chi connectivity index (χ2v) is 5.35. The normalized spacial score (nSPS) is 12.1. The molecule has 0 heterocycles. The van der Waals surface area contributed by atoms with Crippen LogP contribution in [0, 0.1) is 5.92 Å². The molecular formula is C16H16OS. The molecule has 0 amide bonds. The van der Waals surface area contributed by atoms with E-state index in [-0.39, 0.29) is 11.7 Å². The minimum atomic E-state index is 0.0395. The average molecular weight is 256 g/mol. The first-order valence-electron chi connectivity index (χ1n) is 6.04. The first-order valence-corrected chi connectivity index (χ1v) is 7.03. The molecule has 0 saturated heterocycles. The van der Waals surface area contributed by atoms with Crippen molar-refractivity contribution < 1.29 is 4.79 Å². The van der Waals surface area contributed by atoms with Gasteiger partial charge in [-0.1, -0.05) is 55.5 Å². The Balaban J connectivity index is 1.93. The Kier molecular flexibility index (Phi) is 4.59. The summed E-state index contributed by atoms with van der Waals surface area (Å²) in [6, 6.07) is 19.7. The van der Waals surface area contributed by atoms with Gasteiger partial charge in [0, 0.05) is 22.1 Å². The van der Waals surface area contributed by atoms with Crippen molar-refractivity contribution in [3.63, 3.8) is 0 Å². The van der Waals surface area contributed by atoms with Gasteiger partial charge in [-0.2, -0.15) is 0 Å². The Morgan fingerprint density at radius 2 is 1.56 bits per heavy atom. The molecule has 0 aliphatic heterocycles. The highest BCUT2D eigenvalue weighted by Crippen LogP contribution is 2.21. The van der Waals surface area contributed by atoms with Crippen molar-refractivity contribution in [3.8, 4) is 0 Å². The van der Waals surface area contributed by atoms with E-state index < -0.39 is 0 Å². The van der Waals surface area contributed by atoms with Gasteiger partial charge in [0.1, 0.15) is 0 Å². The Bertz CT molecular complexity index is 493. The molecule has 2 aromatic carbocycles. The van der Waals surface area contributed by atoms with Crippen LogP contribution < -0.4 is 0 Å². The van der Waals surface area contributed by atoms with E-state index >= 15 is 0 Å². The van der Waals surface area contributed by atoms with Crippen molar-refractivity contribution in [3.05, 3.63) is 66.2 Å². The van der Waals surface area contributed by atoms with Crippen molar-refractivity contribution in [2.24, 2.45) is 5.92 Å². The summed E-state index contributed by atoms with van der Waals surface area (Å²) in [5, 5.41) is 0. The van der Waals surface area contributed by atoms with Crippen LogP contribution in [0.4, 0.5) is 0 Å². The van der Waals surface area contributed by atoms with Gasteiger partial charge in [-0.3, -0.25) is 4.79 Å². The summed E-state index contributed by atoms with van der Waals surface area (Å²) in [5.41, 5.74) is 0.804. The highest BCUT2D eigenvalue weighted by atomic mass is 32.2. The second-order valence-electron chi connectivity index (χ2n) is 4.26. The predicted octanol–water partition coefficient (Wildman–Crippen LogP) is 4.30. The van der Waals surface area contributed by atoms with Crippen LogP contribution in [0.3, 0.4) is 0 Å². The van der Waals surface area contributed by atoms with E-state index in [1.807, 2.05) is 55.5 Å². The van der Waals surface area contributed by atoms with Crippen LogP contribution in [0.1, 0.15) is 17.3 Å². The number of Topliss-reactive ketones (excluding diaryl/α,β-unsaturated/α-hetero) is 1. The topological polar surface area (TPSA) is 17.1 Å². The fourth-order valence-electron chi connectivity index (χ4n) is 1.70. The van der Waals surface area contributed by atoms with Gasteiger partial charge in [0.05, 0.1) is 0 Å². The third kappa shape index (κ3) is 3.47. The van der Waals surface area contributed by atoms with Gasteiger partial charge in [-0.15, -0.1) is 11.8 Å². The van der Waals surface area contributed by atoms with Crippen molar-refractivity contribution >= 4 is 17.5 Å². The summed E-state index contributed by atoms with van der Waals surface area (Å²) in [4.78, 5) is 13.4. The monoisotopic (exact) mass is 256 g/mol. The van der Waals surface area contributed by atoms with E-state index in [4.69, 9.17) is 0 Å². The molecule has 0 radical (unpaired) electrons. The molecule has 0 aliphatic rings. The minimum Gasteiger partial charge on any atom is -0.294 e. The maximum atomic E-state index is 12.2. The molecule has 0 saturated carbocycles. The van der Waals surface area contributed by atoms with Crippen molar-refractivity contribution in [2.75, 3.05) is 5.75 Å². The van der Waals surface area contributed by atoms with Gasteiger partial charge < -0.3 is 0 Å². The van der Waals surface area contributed by atoms with Crippen LogP contribution >= 0.6 is 11.8 Å². The van der Waals surface area contributed by atoms with E-state index in [2.05, 4.69) is 12.1 Å². The molecule has 0 aromatic heterocycles. The van der Waals surface area contributed by atoms with Crippen molar-refractivity contribution in [1.82, 2.24) is 0 Å². The molecule has 18 heavy (non-hydrogen) atoms. The number of rotatable bonds is 5. The number of hydrogen-bond acceptors (Lipinski definition) is 2. The fourth-order valence-corrected chi connectivity index (χ4v) is 2.64. The third-order valence-corrected chi connectivity index (χ3v) is 4.02. The fraction of sp³-hybridized carbons (Fsp3) is 0.188. The SMILES string of the molecule is C[C@H](CSc1ccccc1)C(=O)c1ccccc1. The Labute approximate surface area is 112 Å². The van der Waals surface area contributed by atoms with Crippen LogP contribution in [0.5, 0.6) is 0 Å². The Morgan fingerprint density at radius 3 is 2.17 bits per heavy atom. The lowest BCUT2D eigenvalue weighted by molar-refractivity contribution is 0.0942. The highest BCUT2D eigenvalue weighted by Gasteiger charge is 2.14. The number of carbonyl (C=O) groups excluding carboxylic acids is 1. The summed E-state index contributed by atoms with van der Waals surface area (Å²) in [6.45, 7) is 1.99. The van der Waals surface area contributed by atoms with Gasteiger partial charge in [0.2, 0.25) is 0 Å². The Hall–Kier alpha value is -1.54. The van der Waals surface area contributed by atoms with Gasteiger partial charge in [-0.05, 0) is 12.1 Å². The van der Waals surface area contributed by atoms with E-state index in [9.17, 15) is 4.79 Å². The highest BCUT2D eigenvalue weighted by molar-refractivity contribution is 7.99. The van der Waals surface area contributed by atoms with E-state index in [0.717, 1.165) is 11.3 Å². The van der Waals surface area contributed by atoms with Gasteiger partial charge >= 0.3 is 0 Å². The molecule has 0 spiro atoms. The summed E-state index contributed by atoms with van der Waals surface area (Å²) in [6.07, 6.45) is 0. The third-order valence-electron chi connectivity index (χ3n) is 2.75. The van der Waals surface area contributed by atoms with Gasteiger partial charge in [0.25, 0.3) is 0 Å². The second kappa shape index (κ2) is 6.41. The lowest BCUT2D eigenvalue weighted by atomic mass is 10.0. The molecule has 0 aliphatic carbocycles. The van der Waals surface area contributed by atoms with E-state index in [0.29, 0.717) is 0 Å². The first-order chi connectivity index (χ1) is 8.77. The number of ketones is 1. The molecular weight excluding hydrogens is 240 g/mol. The molecule has 0 fully saturated rings. The van der Waals surface area contributed by atoms with E-state index in [1.54, 1.807) is 11.8 Å². The zero-order valence-electron chi connectivity index (χ0n) is 10.4. The molecule has 2 aromatic rings. The molecule has 0 unspecified atom stereocenters. The number of carbonyl (C=O) groups is 1. The predicted molar refractivity (Wildman–Crippen MR) is 77.1 cm³/mol. The summed E-state index contributed by atoms with van der Waals surface area (Å²) in [7, 11) is 0. The standard InChI is InChI=1S/C16H16OS/c1-13(12-18-15-10-6-3-7-11-15)16(17)14-8-4-2-5-9-14/h2-11,13H,12H2,1H3/t13-/m1/s1. The zero-order chi connectivity index (χ0) is 12.8. The van der Waals surface area contributed by atoms with Gasteiger partial charge in [-0.25, -0.2) is 0 Å². The lowest BCUT2D eigenvalue weighted by Gasteiger charge is -2.10. The van der Waals surface area contributed by atoms with Crippen LogP contribution in [0.25, 0.3) is 0 Å². The minimum absolute atomic E-state index is 0.0395. The number of thioether (sulfide) groups is 1. The maximum absolute atomic E-state index is 12.2. The summed E-state index contributed by atoms with van der Waals surface area (Å²) >= 11 is 1.73. The molecule has 2 heteroatoms. The van der Waals surface area contributed by atoms with Crippen molar-refractivity contribution in [2.45, 2.75) is 11.8 Å². The van der Waals surface area contributed by atoms with E-state index in [1.165, 1.54) is 4.90 Å². The smallest absolute Gasteiger partial charge is 0.166 e. The van der Waals surface area contributed by atoms with Crippen LogP contribution in [-0.4, -0.2) is 11.5 Å². The molecule has 2 rings (SSSR count). The number of hydrogen-bond donors (Lipinski definition) is 0. The average Bonchev–Trinajstić information content (AvgIpc) is 2.46. The largest absolute Gasteiger partial charge is 0.294 e. The van der Waals surface area contributed by atoms with Crippen LogP contribution in [0.2, 0.25) is 0 Å². The summed E-state index contributed by atoms with van der Waals surface area (Å²) < 4.78 is 0. The van der Waals surface area contributed by atoms with Crippen LogP contribution in [0.15, 0.2) is 65.6 Å². The summed E-state index contributed by atoms with van der Waals surface area (Å²) in [5.74, 6) is 1.08. The first kappa shape index (κ1) is 12.9. The molecule has 1 atom stereocenters. The molecule has 1 nitrogen and oxygen atoms in total. The quantitative estimate of drug-likeness (QED) is 0.586. The molecule has 0 bridgehead atoms. The maximum Gasteiger partial charge on any atom is 0.166 e. The van der Waals surface area contributed by atoms with Crippen LogP contribution in [-0.2, 0) is 0 Å². The molecule has 92 valence electrons. The molecule has 0 N–H and O–H groups in total. The Morgan fingerprint density at radius 1 is 1.00 bits per heavy atom. The van der Waals surface area contributed by atoms with Gasteiger partial charge in [0.15, 0.2) is 5.78 Å². The number of benzene rings is 2. The lowest BCUT2D eigenvalue weighted by Crippen LogP contribution is -2.13. The zero-order valence-corrected chi connectivity index (χ0v) is 11.2. The van der Waals surface area contributed by atoms with Crippen molar-refractivity contribution in [1.29, 1.82) is 0 Å².